The highest BCUT2D eigenvalue weighted by Gasteiger charge is 2.89. The van der Waals surface area contributed by atoms with Crippen LogP contribution in [0, 0.1) is 22.7 Å². The number of amides is 1. The van der Waals surface area contributed by atoms with Gasteiger partial charge >= 0.3 is 0 Å². The maximum absolute atomic E-state index is 13.6. The van der Waals surface area contributed by atoms with Crippen LogP contribution in [0.3, 0.4) is 0 Å². The number of aliphatic hydroxyl groups is 1. The summed E-state index contributed by atoms with van der Waals surface area (Å²) >= 11 is 1.10. The molecule has 5 aliphatic rings. The first-order valence-electron chi connectivity index (χ1n) is 16.1. The van der Waals surface area contributed by atoms with Crippen LogP contribution in [0.25, 0.3) is 5.82 Å². The smallest absolute Gasteiger partial charge is 0.265 e. The monoisotopic (exact) mass is 629 g/mol. The third-order valence-electron chi connectivity index (χ3n) is 11.0. The van der Waals surface area contributed by atoms with Crippen LogP contribution in [0.1, 0.15) is 69.2 Å². The quantitative estimate of drug-likeness (QED) is 0.245. The minimum absolute atomic E-state index is 0.0870. The molecule has 236 valence electrons. The van der Waals surface area contributed by atoms with Crippen molar-refractivity contribution in [1.82, 2.24) is 24.5 Å². The number of nitrogens with one attached hydrogen (secondary N) is 2. The Kier molecular flexibility index (Phi) is 6.46. The van der Waals surface area contributed by atoms with Crippen LogP contribution in [0.15, 0.2) is 41.6 Å². The zero-order valence-electron chi connectivity index (χ0n) is 26.0. The average Bonchev–Trinajstić information content (AvgIpc) is 3.96. The fourth-order valence-corrected chi connectivity index (χ4v) is 9.44. The number of pyridine rings is 2. The Morgan fingerprint density at radius 2 is 1.91 bits per heavy atom. The molecule has 2 spiro atoms. The fourth-order valence-electron chi connectivity index (χ4n) is 8.86. The first kappa shape index (κ1) is 29.0. The number of anilines is 2. The second-order valence-corrected chi connectivity index (χ2v) is 15.5. The number of fused-ring (bicyclic) bond motifs is 7. The SMILES string of the molecule is BC(O)(COc1ccn(-c2ccc3c(n2)N2CC(CCCNc4nc(ccc4O)SNC3=O)CC2(C)C)n1)C1C2(CC2)C12CC2. The van der Waals surface area contributed by atoms with Gasteiger partial charge in [-0.1, -0.05) is 0 Å². The number of ether oxygens (including phenoxy) is 1. The molecule has 11 nitrogen and oxygen atoms in total. The molecule has 4 bridgehead atoms. The van der Waals surface area contributed by atoms with Gasteiger partial charge in [-0.2, -0.15) is 0 Å². The summed E-state index contributed by atoms with van der Waals surface area (Å²) < 4.78 is 10.7. The zero-order chi connectivity index (χ0) is 31.2. The summed E-state index contributed by atoms with van der Waals surface area (Å²) in [5.41, 5.74) is 0.146. The third kappa shape index (κ3) is 4.84. The van der Waals surface area contributed by atoms with E-state index in [1.54, 1.807) is 35.0 Å². The molecule has 2 atom stereocenters. The van der Waals surface area contributed by atoms with Crippen LogP contribution < -0.4 is 19.7 Å². The van der Waals surface area contributed by atoms with Crippen LogP contribution in [-0.4, -0.2) is 74.5 Å². The molecule has 1 saturated heterocycles. The van der Waals surface area contributed by atoms with Gasteiger partial charge in [-0.15, -0.1) is 5.10 Å². The summed E-state index contributed by atoms with van der Waals surface area (Å²) in [6, 6.07) is 8.66. The van der Waals surface area contributed by atoms with E-state index in [1.807, 2.05) is 14.0 Å². The van der Waals surface area contributed by atoms with Gasteiger partial charge in [0.15, 0.2) is 17.4 Å². The molecular weight excluding hydrogens is 589 g/mol. The molecule has 3 saturated carbocycles. The molecule has 2 unspecified atom stereocenters. The highest BCUT2D eigenvalue weighted by Crippen LogP contribution is 2.94. The fraction of sp³-hybridized carbons (Fsp3) is 0.562. The van der Waals surface area contributed by atoms with E-state index in [2.05, 4.69) is 38.9 Å². The molecule has 1 amide bonds. The van der Waals surface area contributed by atoms with Crippen LogP contribution in [0.5, 0.6) is 11.6 Å². The van der Waals surface area contributed by atoms with E-state index in [-0.39, 0.29) is 23.8 Å². The van der Waals surface area contributed by atoms with Crippen molar-refractivity contribution in [3.05, 3.63) is 42.1 Å². The number of hydrogen-bond donors (Lipinski definition) is 4. The van der Waals surface area contributed by atoms with Crippen molar-refractivity contribution < 1.29 is 19.7 Å². The second-order valence-electron chi connectivity index (χ2n) is 14.6. The topological polar surface area (TPSA) is 138 Å². The zero-order valence-corrected chi connectivity index (χ0v) is 26.9. The van der Waals surface area contributed by atoms with Crippen LogP contribution >= 0.6 is 11.9 Å². The molecule has 4 N–H and O–H groups in total. The van der Waals surface area contributed by atoms with Crippen LogP contribution in [0.2, 0.25) is 0 Å². The highest BCUT2D eigenvalue weighted by molar-refractivity contribution is 7.97. The molecule has 4 fully saturated rings. The summed E-state index contributed by atoms with van der Waals surface area (Å²) in [7, 11) is 1.92. The van der Waals surface area contributed by atoms with Crippen molar-refractivity contribution in [3.63, 3.8) is 0 Å². The summed E-state index contributed by atoms with van der Waals surface area (Å²) in [6.07, 6.45) is 9.66. The standard InChI is InChI=1S/C32H40BN7O4S/c1-29(2)16-19-4-3-14-34-25-21(41)6-8-24(36-25)45-38-27(42)20-5-7-22(35-26(20)39(29)17-19)40-15-9-23(37-40)44-18-32(33,43)28-30(10-11-30)31(28)12-13-31/h5-9,15,19,28,41,43H,3-4,10-14,16-18,33H2,1-2H3,(H,34,36)(H,38,42). The molecule has 2 aliphatic heterocycles. The van der Waals surface area contributed by atoms with Gasteiger partial charge in [0.1, 0.15) is 25.3 Å². The number of carbonyl (C=O) groups excluding carboxylic acids is 1. The Morgan fingerprint density at radius 1 is 1.13 bits per heavy atom. The number of aromatic hydroxyl groups is 1. The van der Waals surface area contributed by atoms with E-state index >= 15 is 0 Å². The normalized spacial score (nSPS) is 25.4. The van der Waals surface area contributed by atoms with Gasteiger partial charge in [0.25, 0.3) is 5.91 Å². The minimum Gasteiger partial charge on any atom is -0.504 e. The second kappa shape index (κ2) is 10.0. The number of hydrogen-bond acceptors (Lipinski definition) is 10. The molecule has 45 heavy (non-hydrogen) atoms. The minimum atomic E-state index is -0.875. The van der Waals surface area contributed by atoms with Crippen LogP contribution in [0.4, 0.5) is 11.6 Å². The van der Waals surface area contributed by atoms with Crippen molar-refractivity contribution in [3.8, 4) is 17.4 Å². The maximum Gasteiger partial charge on any atom is 0.265 e. The predicted octanol–water partition coefficient (Wildman–Crippen LogP) is 3.51. The van der Waals surface area contributed by atoms with E-state index in [0.717, 1.165) is 37.8 Å². The van der Waals surface area contributed by atoms with Gasteiger partial charge in [-0.05, 0) is 106 Å². The summed E-state index contributed by atoms with van der Waals surface area (Å²) in [5.74, 6) is 2.61. The maximum atomic E-state index is 13.6. The lowest BCUT2D eigenvalue weighted by molar-refractivity contribution is 0.0374. The lowest BCUT2D eigenvalue weighted by Gasteiger charge is -2.34. The number of rotatable bonds is 5. The number of aromatic nitrogens is 4. The molecule has 3 aromatic heterocycles. The predicted molar refractivity (Wildman–Crippen MR) is 174 cm³/mol. The van der Waals surface area contributed by atoms with Gasteiger partial charge in [-0.25, -0.2) is 14.6 Å². The Balaban J connectivity index is 1.05. The largest absolute Gasteiger partial charge is 0.504 e. The Labute approximate surface area is 268 Å². The van der Waals surface area contributed by atoms with E-state index < -0.39 is 5.50 Å². The lowest BCUT2D eigenvalue weighted by atomic mass is 9.76. The average molecular weight is 630 g/mol. The number of nitrogens with zero attached hydrogens (tertiary/aromatic N) is 5. The molecular formula is C32H40BN7O4S. The van der Waals surface area contributed by atoms with Crippen LogP contribution in [-0.2, 0) is 0 Å². The Hall–Kier alpha value is -3.45. The van der Waals surface area contributed by atoms with Gasteiger partial charge < -0.3 is 25.2 Å². The van der Waals surface area contributed by atoms with Gasteiger partial charge in [-0.3, -0.25) is 9.52 Å². The summed E-state index contributed by atoms with van der Waals surface area (Å²) in [5, 5.41) is 30.1. The molecule has 13 heteroatoms. The van der Waals surface area contributed by atoms with E-state index in [4.69, 9.17) is 9.72 Å². The molecule has 0 radical (unpaired) electrons. The number of carbonyl (C=O) groups is 1. The van der Waals surface area contributed by atoms with Gasteiger partial charge in [0.05, 0.1) is 11.1 Å². The molecule has 3 aliphatic carbocycles. The lowest BCUT2D eigenvalue weighted by Crippen LogP contribution is -2.40. The summed E-state index contributed by atoms with van der Waals surface area (Å²) in [4.78, 5) is 25.4. The van der Waals surface area contributed by atoms with Crippen molar-refractivity contribution >= 4 is 37.3 Å². The van der Waals surface area contributed by atoms with Gasteiger partial charge in [0.2, 0.25) is 5.88 Å². The summed E-state index contributed by atoms with van der Waals surface area (Å²) in [6.45, 7) is 6.09. The first-order chi connectivity index (χ1) is 21.5. The van der Waals surface area contributed by atoms with E-state index in [1.165, 1.54) is 25.7 Å². The van der Waals surface area contributed by atoms with E-state index in [0.29, 0.717) is 63.1 Å². The Bertz CT molecular complexity index is 1650. The molecule has 5 heterocycles. The third-order valence-corrected chi connectivity index (χ3v) is 11.7. The molecule has 0 aromatic carbocycles. The van der Waals surface area contributed by atoms with E-state index in [9.17, 15) is 15.0 Å². The molecule has 3 aromatic rings. The first-order valence-corrected chi connectivity index (χ1v) is 16.9. The van der Waals surface area contributed by atoms with Crippen molar-refractivity contribution in [2.45, 2.75) is 74.9 Å². The molecule has 8 rings (SSSR count). The van der Waals surface area contributed by atoms with Crippen molar-refractivity contribution in [2.75, 3.05) is 29.9 Å². The van der Waals surface area contributed by atoms with Crippen molar-refractivity contribution in [1.29, 1.82) is 0 Å². The Morgan fingerprint density at radius 3 is 2.67 bits per heavy atom. The van der Waals surface area contributed by atoms with Gasteiger partial charge in [0, 0.05) is 42.8 Å². The highest BCUT2D eigenvalue weighted by atomic mass is 32.2. The van der Waals surface area contributed by atoms with Crippen molar-refractivity contribution in [2.24, 2.45) is 22.7 Å².